The molecular formula is C12H22N2O5. The van der Waals surface area contributed by atoms with Gasteiger partial charge in [-0.15, -0.1) is 0 Å². The zero-order valence-electron chi connectivity index (χ0n) is 11.2. The third-order valence-corrected chi connectivity index (χ3v) is 3.54. The Hall–Kier alpha value is -1.34. The van der Waals surface area contributed by atoms with Gasteiger partial charge in [-0.05, 0) is 19.8 Å². The van der Waals surface area contributed by atoms with E-state index in [4.69, 9.17) is 5.11 Å². The fourth-order valence-electron chi connectivity index (χ4n) is 2.32. The number of carboxylic acids is 1. The third kappa shape index (κ3) is 4.07. The zero-order chi connectivity index (χ0) is 14.6. The standard InChI is InChI=1S/C12H22N2O5/c1-7(15)10(11(17)18)13-12(19)14(2)8-5-3-4-6-9(8)16/h7-10,15-16H,3-6H2,1-2H3,(H,13,19)(H,17,18). The quantitative estimate of drug-likeness (QED) is 0.566. The first kappa shape index (κ1) is 15.7. The molecule has 0 radical (unpaired) electrons. The molecule has 110 valence electrons. The van der Waals surface area contributed by atoms with Crippen molar-refractivity contribution in [1.29, 1.82) is 0 Å². The maximum atomic E-state index is 11.9. The van der Waals surface area contributed by atoms with Crippen molar-refractivity contribution < 1.29 is 24.9 Å². The highest BCUT2D eigenvalue weighted by Crippen LogP contribution is 2.22. The summed E-state index contributed by atoms with van der Waals surface area (Å²) in [6.07, 6.45) is 1.42. The largest absolute Gasteiger partial charge is 0.480 e. The van der Waals surface area contributed by atoms with Crippen LogP contribution in [0.2, 0.25) is 0 Å². The van der Waals surface area contributed by atoms with E-state index in [1.807, 2.05) is 0 Å². The van der Waals surface area contributed by atoms with Gasteiger partial charge in [-0.25, -0.2) is 9.59 Å². The van der Waals surface area contributed by atoms with E-state index in [0.717, 1.165) is 12.8 Å². The predicted octanol–water partition coefficient (Wildman–Crippen LogP) is -0.235. The van der Waals surface area contributed by atoms with Crippen LogP contribution in [-0.4, -0.2) is 63.6 Å². The molecule has 4 unspecified atom stereocenters. The van der Waals surface area contributed by atoms with Crippen LogP contribution in [0.25, 0.3) is 0 Å². The highest BCUT2D eigenvalue weighted by molar-refractivity contribution is 5.83. The summed E-state index contributed by atoms with van der Waals surface area (Å²) < 4.78 is 0. The van der Waals surface area contributed by atoms with E-state index in [1.54, 1.807) is 0 Å². The molecule has 2 amide bonds. The van der Waals surface area contributed by atoms with Crippen molar-refractivity contribution in [2.45, 2.75) is 56.9 Å². The van der Waals surface area contributed by atoms with Crippen molar-refractivity contribution in [3.05, 3.63) is 0 Å². The van der Waals surface area contributed by atoms with Crippen molar-refractivity contribution in [2.24, 2.45) is 0 Å². The minimum absolute atomic E-state index is 0.308. The lowest BCUT2D eigenvalue weighted by Gasteiger charge is -2.35. The number of carbonyl (C=O) groups excluding carboxylic acids is 1. The fourth-order valence-corrected chi connectivity index (χ4v) is 2.32. The number of amides is 2. The monoisotopic (exact) mass is 274 g/mol. The van der Waals surface area contributed by atoms with Crippen LogP contribution in [0.3, 0.4) is 0 Å². The summed E-state index contributed by atoms with van der Waals surface area (Å²) >= 11 is 0. The smallest absolute Gasteiger partial charge is 0.328 e. The Morgan fingerprint density at radius 1 is 1.32 bits per heavy atom. The third-order valence-electron chi connectivity index (χ3n) is 3.54. The second kappa shape index (κ2) is 6.72. The second-order valence-electron chi connectivity index (χ2n) is 5.04. The molecule has 4 N–H and O–H groups in total. The maximum absolute atomic E-state index is 11.9. The molecule has 0 saturated heterocycles. The van der Waals surface area contributed by atoms with Crippen LogP contribution in [0.1, 0.15) is 32.6 Å². The van der Waals surface area contributed by atoms with Crippen LogP contribution in [0, 0.1) is 0 Å². The molecule has 0 aromatic carbocycles. The number of nitrogens with zero attached hydrogens (tertiary/aromatic N) is 1. The number of hydrogen-bond acceptors (Lipinski definition) is 4. The van der Waals surface area contributed by atoms with Gasteiger partial charge in [0.1, 0.15) is 0 Å². The van der Waals surface area contributed by atoms with Crippen molar-refractivity contribution >= 4 is 12.0 Å². The van der Waals surface area contributed by atoms with Crippen LogP contribution in [0.15, 0.2) is 0 Å². The number of carboxylic acid groups (broad SMARTS) is 1. The SMILES string of the molecule is CC(O)C(NC(=O)N(C)C1CCCCC1O)C(=O)O. The van der Waals surface area contributed by atoms with Gasteiger partial charge in [-0.3, -0.25) is 0 Å². The van der Waals surface area contributed by atoms with Crippen LogP contribution in [0.4, 0.5) is 4.79 Å². The molecule has 1 aliphatic rings. The van der Waals surface area contributed by atoms with Crippen LogP contribution in [0.5, 0.6) is 0 Å². The molecule has 1 rings (SSSR count). The first-order valence-corrected chi connectivity index (χ1v) is 6.47. The number of aliphatic hydroxyl groups is 2. The Morgan fingerprint density at radius 2 is 1.89 bits per heavy atom. The predicted molar refractivity (Wildman–Crippen MR) is 67.7 cm³/mol. The second-order valence-corrected chi connectivity index (χ2v) is 5.04. The fraction of sp³-hybridized carbons (Fsp3) is 0.833. The van der Waals surface area contributed by atoms with Crippen LogP contribution in [-0.2, 0) is 4.79 Å². The number of rotatable bonds is 4. The summed E-state index contributed by atoms with van der Waals surface area (Å²) in [5, 5.41) is 30.3. The number of nitrogens with one attached hydrogen (secondary N) is 1. The first-order chi connectivity index (χ1) is 8.84. The van der Waals surface area contributed by atoms with Gasteiger partial charge in [0, 0.05) is 7.05 Å². The summed E-state index contributed by atoms with van der Waals surface area (Å²) in [4.78, 5) is 24.2. The van der Waals surface area contributed by atoms with E-state index in [0.29, 0.717) is 12.8 Å². The highest BCUT2D eigenvalue weighted by atomic mass is 16.4. The van der Waals surface area contributed by atoms with Crippen LogP contribution >= 0.6 is 0 Å². The normalized spacial score (nSPS) is 26.3. The number of aliphatic hydroxyl groups excluding tert-OH is 2. The number of carbonyl (C=O) groups is 2. The molecule has 19 heavy (non-hydrogen) atoms. The average Bonchev–Trinajstić information content (AvgIpc) is 2.34. The Morgan fingerprint density at radius 3 is 2.37 bits per heavy atom. The molecule has 7 nitrogen and oxygen atoms in total. The summed E-state index contributed by atoms with van der Waals surface area (Å²) in [5.41, 5.74) is 0. The van der Waals surface area contributed by atoms with Gasteiger partial charge in [-0.2, -0.15) is 0 Å². The highest BCUT2D eigenvalue weighted by Gasteiger charge is 2.32. The molecule has 0 bridgehead atoms. The number of hydrogen-bond donors (Lipinski definition) is 4. The van der Waals surface area contributed by atoms with Gasteiger partial charge in [0.25, 0.3) is 0 Å². The number of likely N-dealkylation sites (N-methyl/N-ethyl adjacent to an activating group) is 1. The lowest BCUT2D eigenvalue weighted by Crippen LogP contribution is -2.55. The molecule has 7 heteroatoms. The average molecular weight is 274 g/mol. The van der Waals surface area contributed by atoms with Gasteiger partial charge in [0.15, 0.2) is 6.04 Å². The molecule has 0 aromatic heterocycles. The van der Waals surface area contributed by atoms with Gasteiger partial charge in [0.05, 0.1) is 18.2 Å². The van der Waals surface area contributed by atoms with Crippen molar-refractivity contribution in [1.82, 2.24) is 10.2 Å². The summed E-state index contributed by atoms with van der Waals surface area (Å²) in [7, 11) is 1.52. The minimum Gasteiger partial charge on any atom is -0.480 e. The molecule has 1 fully saturated rings. The Labute approximate surface area is 112 Å². The molecule has 0 aliphatic heterocycles. The molecule has 1 aliphatic carbocycles. The van der Waals surface area contributed by atoms with Crippen molar-refractivity contribution in [3.63, 3.8) is 0 Å². The van der Waals surface area contributed by atoms with Crippen molar-refractivity contribution in [2.75, 3.05) is 7.05 Å². The lowest BCUT2D eigenvalue weighted by molar-refractivity contribution is -0.141. The zero-order valence-corrected chi connectivity index (χ0v) is 11.2. The first-order valence-electron chi connectivity index (χ1n) is 6.47. The maximum Gasteiger partial charge on any atom is 0.328 e. The van der Waals surface area contributed by atoms with Crippen LogP contribution < -0.4 is 5.32 Å². The summed E-state index contributed by atoms with van der Waals surface area (Å²) in [6.45, 7) is 1.30. The van der Waals surface area contributed by atoms with E-state index < -0.39 is 30.3 Å². The van der Waals surface area contributed by atoms with E-state index >= 15 is 0 Å². The number of urea groups is 1. The van der Waals surface area contributed by atoms with E-state index in [2.05, 4.69) is 5.32 Å². The summed E-state index contributed by atoms with van der Waals surface area (Å²) in [5.74, 6) is -1.29. The van der Waals surface area contributed by atoms with Gasteiger partial charge < -0.3 is 25.5 Å². The van der Waals surface area contributed by atoms with E-state index in [9.17, 15) is 19.8 Å². The lowest BCUT2D eigenvalue weighted by atomic mass is 9.92. The molecular weight excluding hydrogens is 252 g/mol. The van der Waals surface area contributed by atoms with E-state index in [1.165, 1.54) is 18.9 Å². The van der Waals surface area contributed by atoms with E-state index in [-0.39, 0.29) is 6.04 Å². The molecule has 0 aromatic rings. The molecule has 0 spiro atoms. The minimum atomic E-state index is -1.35. The molecule has 1 saturated carbocycles. The topological polar surface area (TPSA) is 110 Å². The summed E-state index contributed by atoms with van der Waals surface area (Å²) in [6, 6.07) is -2.26. The Kier molecular flexibility index (Phi) is 5.56. The van der Waals surface area contributed by atoms with Crippen molar-refractivity contribution in [3.8, 4) is 0 Å². The number of aliphatic carboxylic acids is 1. The Bertz CT molecular complexity index is 334. The van der Waals surface area contributed by atoms with Gasteiger partial charge >= 0.3 is 12.0 Å². The molecule has 4 atom stereocenters. The van der Waals surface area contributed by atoms with Gasteiger partial charge in [0.2, 0.25) is 0 Å². The van der Waals surface area contributed by atoms with Gasteiger partial charge in [-0.1, -0.05) is 12.8 Å². The Balaban J connectivity index is 2.63. The molecule has 0 heterocycles.